The van der Waals surface area contributed by atoms with Crippen LogP contribution in [-0.2, 0) is 11.8 Å². The third-order valence-corrected chi connectivity index (χ3v) is 2.83. The summed E-state index contributed by atoms with van der Waals surface area (Å²) in [7, 11) is 1.73. The molecule has 6 heteroatoms. The molecule has 0 saturated heterocycles. The summed E-state index contributed by atoms with van der Waals surface area (Å²) in [5.74, 6) is -1.14. The van der Waals surface area contributed by atoms with E-state index in [1.54, 1.807) is 37.7 Å². The van der Waals surface area contributed by atoms with E-state index in [4.69, 9.17) is 16.7 Å². The number of nitrogens with one attached hydrogen (secondary N) is 1. The molecule has 0 aromatic carbocycles. The molecule has 1 aromatic rings. The van der Waals surface area contributed by atoms with Gasteiger partial charge in [-0.3, -0.25) is 9.59 Å². The van der Waals surface area contributed by atoms with Gasteiger partial charge in [-0.15, -0.1) is 0 Å². The first kappa shape index (κ1) is 14.6. The minimum absolute atomic E-state index is 0.0151. The molecule has 18 heavy (non-hydrogen) atoms. The second-order valence-electron chi connectivity index (χ2n) is 4.89. The number of amides is 1. The van der Waals surface area contributed by atoms with E-state index in [0.29, 0.717) is 17.1 Å². The molecule has 1 heterocycles. The topological polar surface area (TPSA) is 71.3 Å². The number of carboxylic acids is 1. The number of halogens is 1. The first-order chi connectivity index (χ1) is 8.21. The number of aryl methyl sites for hydroxylation is 1. The lowest BCUT2D eigenvalue weighted by Crippen LogP contribution is -2.44. The predicted octanol–water partition coefficient (Wildman–Crippen LogP) is 2.05. The normalized spacial score (nSPS) is 11.3. The number of carboxylic acid groups (broad SMARTS) is 1. The number of nitrogens with zero attached hydrogens (tertiary/aromatic N) is 1. The van der Waals surface area contributed by atoms with Crippen molar-refractivity contribution in [3.63, 3.8) is 0 Å². The van der Waals surface area contributed by atoms with Crippen LogP contribution in [0.25, 0.3) is 0 Å². The molecule has 0 aliphatic heterocycles. The SMILES string of the molecule is Cn1cc(Cl)cc1C(=O)NC(C)(C)CCC(=O)O. The monoisotopic (exact) mass is 272 g/mol. The summed E-state index contributed by atoms with van der Waals surface area (Å²) < 4.78 is 1.63. The summed E-state index contributed by atoms with van der Waals surface area (Å²) in [4.78, 5) is 22.5. The summed E-state index contributed by atoms with van der Waals surface area (Å²) in [6.07, 6.45) is 2.02. The van der Waals surface area contributed by atoms with E-state index < -0.39 is 11.5 Å². The van der Waals surface area contributed by atoms with Gasteiger partial charge in [0.1, 0.15) is 5.69 Å². The molecule has 1 amide bonds. The Kier molecular flexibility index (Phi) is 4.40. The van der Waals surface area contributed by atoms with Crippen molar-refractivity contribution in [3.05, 3.63) is 23.0 Å². The van der Waals surface area contributed by atoms with Crippen molar-refractivity contribution >= 4 is 23.5 Å². The molecule has 0 aliphatic carbocycles. The highest BCUT2D eigenvalue weighted by molar-refractivity contribution is 6.31. The molecule has 0 saturated carbocycles. The van der Waals surface area contributed by atoms with E-state index >= 15 is 0 Å². The average Bonchev–Trinajstić information content (AvgIpc) is 2.54. The van der Waals surface area contributed by atoms with Gasteiger partial charge in [0, 0.05) is 25.2 Å². The number of aromatic nitrogens is 1. The molecule has 1 rings (SSSR count). The summed E-state index contributed by atoms with van der Waals surface area (Å²) >= 11 is 5.81. The summed E-state index contributed by atoms with van der Waals surface area (Å²) in [5.41, 5.74) is -0.130. The number of carbonyl (C=O) groups is 2. The van der Waals surface area contributed by atoms with E-state index in [1.807, 2.05) is 0 Å². The van der Waals surface area contributed by atoms with E-state index in [2.05, 4.69) is 5.32 Å². The Morgan fingerprint density at radius 3 is 2.56 bits per heavy atom. The maximum absolute atomic E-state index is 12.0. The molecule has 0 spiro atoms. The van der Waals surface area contributed by atoms with Gasteiger partial charge in [0.05, 0.1) is 5.02 Å². The van der Waals surface area contributed by atoms with Crippen LogP contribution in [0.15, 0.2) is 12.3 Å². The highest BCUT2D eigenvalue weighted by Gasteiger charge is 2.23. The van der Waals surface area contributed by atoms with Crippen molar-refractivity contribution in [2.45, 2.75) is 32.2 Å². The van der Waals surface area contributed by atoms with Crippen LogP contribution in [0.4, 0.5) is 0 Å². The molecule has 0 radical (unpaired) electrons. The number of carbonyl (C=O) groups excluding carboxylic acids is 1. The Balaban J connectivity index is 2.69. The average molecular weight is 273 g/mol. The fraction of sp³-hybridized carbons (Fsp3) is 0.500. The first-order valence-corrected chi connectivity index (χ1v) is 5.95. The van der Waals surface area contributed by atoms with Crippen LogP contribution in [-0.4, -0.2) is 27.1 Å². The molecule has 0 fully saturated rings. The van der Waals surface area contributed by atoms with Gasteiger partial charge in [-0.05, 0) is 26.3 Å². The van der Waals surface area contributed by atoms with Crippen molar-refractivity contribution in [2.75, 3.05) is 0 Å². The van der Waals surface area contributed by atoms with Crippen LogP contribution < -0.4 is 5.32 Å². The predicted molar refractivity (Wildman–Crippen MR) is 68.8 cm³/mol. The van der Waals surface area contributed by atoms with Crippen LogP contribution in [0.1, 0.15) is 37.2 Å². The van der Waals surface area contributed by atoms with Crippen molar-refractivity contribution in [1.29, 1.82) is 0 Å². The summed E-state index contributed by atoms with van der Waals surface area (Å²) in [5, 5.41) is 11.9. The fourth-order valence-corrected chi connectivity index (χ4v) is 1.85. The Morgan fingerprint density at radius 1 is 1.50 bits per heavy atom. The standard InChI is InChI=1S/C12H17ClN2O3/c1-12(2,5-4-10(16)17)14-11(18)9-6-8(13)7-15(9)3/h6-7H,4-5H2,1-3H3,(H,14,18)(H,16,17). The molecule has 5 nitrogen and oxygen atoms in total. The van der Waals surface area contributed by atoms with Crippen molar-refractivity contribution in [2.24, 2.45) is 7.05 Å². The third kappa shape index (κ3) is 4.07. The van der Waals surface area contributed by atoms with Crippen LogP contribution >= 0.6 is 11.6 Å². The number of rotatable bonds is 5. The van der Waals surface area contributed by atoms with Crippen LogP contribution in [0.2, 0.25) is 5.02 Å². The van der Waals surface area contributed by atoms with Crippen LogP contribution in [0, 0.1) is 0 Å². The molecule has 1 aromatic heterocycles. The maximum Gasteiger partial charge on any atom is 0.303 e. The van der Waals surface area contributed by atoms with E-state index in [9.17, 15) is 9.59 Å². The molecular weight excluding hydrogens is 256 g/mol. The summed E-state index contributed by atoms with van der Waals surface area (Å²) in [6, 6.07) is 1.57. The lowest BCUT2D eigenvalue weighted by molar-refractivity contribution is -0.137. The van der Waals surface area contributed by atoms with E-state index in [-0.39, 0.29) is 12.3 Å². The molecule has 2 N–H and O–H groups in total. The Bertz CT molecular complexity index is 466. The minimum atomic E-state index is -0.876. The Labute approximate surface area is 111 Å². The van der Waals surface area contributed by atoms with Gasteiger partial charge in [0.25, 0.3) is 5.91 Å². The fourth-order valence-electron chi connectivity index (χ4n) is 1.60. The zero-order valence-corrected chi connectivity index (χ0v) is 11.4. The second kappa shape index (κ2) is 5.44. The lowest BCUT2D eigenvalue weighted by Gasteiger charge is -2.25. The Hall–Kier alpha value is -1.49. The quantitative estimate of drug-likeness (QED) is 0.862. The number of hydrogen-bond donors (Lipinski definition) is 2. The van der Waals surface area contributed by atoms with Crippen molar-refractivity contribution in [1.82, 2.24) is 9.88 Å². The van der Waals surface area contributed by atoms with Crippen LogP contribution in [0.3, 0.4) is 0 Å². The molecular formula is C12H17ClN2O3. The number of aliphatic carboxylic acids is 1. The van der Waals surface area contributed by atoms with E-state index in [1.165, 1.54) is 0 Å². The minimum Gasteiger partial charge on any atom is -0.481 e. The highest BCUT2D eigenvalue weighted by atomic mass is 35.5. The summed E-state index contributed by atoms with van der Waals surface area (Å²) in [6.45, 7) is 3.58. The molecule has 100 valence electrons. The smallest absolute Gasteiger partial charge is 0.303 e. The molecule has 0 atom stereocenters. The van der Waals surface area contributed by atoms with E-state index in [0.717, 1.165) is 0 Å². The highest BCUT2D eigenvalue weighted by Crippen LogP contribution is 2.16. The van der Waals surface area contributed by atoms with Gasteiger partial charge in [-0.25, -0.2) is 0 Å². The Morgan fingerprint density at radius 2 is 2.11 bits per heavy atom. The van der Waals surface area contributed by atoms with Crippen molar-refractivity contribution in [3.8, 4) is 0 Å². The number of hydrogen-bond acceptors (Lipinski definition) is 2. The zero-order chi connectivity index (χ0) is 13.9. The first-order valence-electron chi connectivity index (χ1n) is 5.57. The maximum atomic E-state index is 12.0. The zero-order valence-electron chi connectivity index (χ0n) is 10.7. The van der Waals surface area contributed by atoms with Gasteiger partial charge < -0.3 is 15.0 Å². The van der Waals surface area contributed by atoms with Crippen molar-refractivity contribution < 1.29 is 14.7 Å². The lowest BCUT2D eigenvalue weighted by atomic mass is 9.98. The van der Waals surface area contributed by atoms with Gasteiger partial charge in [-0.1, -0.05) is 11.6 Å². The molecule has 0 bridgehead atoms. The second-order valence-corrected chi connectivity index (χ2v) is 5.32. The molecule has 0 unspecified atom stereocenters. The third-order valence-electron chi connectivity index (χ3n) is 2.62. The van der Waals surface area contributed by atoms with Gasteiger partial charge in [0.2, 0.25) is 0 Å². The van der Waals surface area contributed by atoms with Gasteiger partial charge >= 0.3 is 5.97 Å². The largest absolute Gasteiger partial charge is 0.481 e. The van der Waals surface area contributed by atoms with Crippen LogP contribution in [0.5, 0.6) is 0 Å². The molecule has 0 aliphatic rings. The van der Waals surface area contributed by atoms with Gasteiger partial charge in [0.15, 0.2) is 0 Å². The van der Waals surface area contributed by atoms with Gasteiger partial charge in [-0.2, -0.15) is 0 Å².